The van der Waals surface area contributed by atoms with Crippen LogP contribution in [-0.2, 0) is 17.8 Å². The molecule has 1 fully saturated rings. The van der Waals surface area contributed by atoms with Gasteiger partial charge < -0.3 is 15.5 Å². The van der Waals surface area contributed by atoms with Crippen molar-refractivity contribution < 1.29 is 14.3 Å². The Morgan fingerprint density at radius 3 is 2.37 bits per heavy atom. The second kappa shape index (κ2) is 8.67. The summed E-state index contributed by atoms with van der Waals surface area (Å²) < 4.78 is 5.84. The summed E-state index contributed by atoms with van der Waals surface area (Å²) in [5.74, 6) is 6.50. The topological polar surface area (TPSA) is 96.7 Å². The monoisotopic (exact) mass is 402 g/mol. The fraction of sp³-hybridized carbons (Fsp3) is 0.130. The Balaban J connectivity index is 1.42. The van der Waals surface area contributed by atoms with Crippen LogP contribution in [0.2, 0.25) is 0 Å². The van der Waals surface area contributed by atoms with E-state index in [2.05, 4.69) is 10.7 Å². The third-order valence-electron chi connectivity index (χ3n) is 4.89. The summed E-state index contributed by atoms with van der Waals surface area (Å²) >= 11 is 0. The van der Waals surface area contributed by atoms with Crippen LogP contribution in [0.5, 0.6) is 11.5 Å². The van der Waals surface area contributed by atoms with E-state index in [1.807, 2.05) is 78.9 Å². The van der Waals surface area contributed by atoms with Crippen LogP contribution >= 0.6 is 0 Å². The third-order valence-corrected chi connectivity index (χ3v) is 4.89. The van der Waals surface area contributed by atoms with Gasteiger partial charge in [-0.25, -0.2) is 4.79 Å². The number of hydrogen-bond acceptors (Lipinski definition) is 5. The summed E-state index contributed by atoms with van der Waals surface area (Å²) in [7, 11) is 0. The highest BCUT2D eigenvalue weighted by molar-refractivity contribution is 6.04. The van der Waals surface area contributed by atoms with E-state index in [1.54, 1.807) is 0 Å². The molecule has 0 aromatic heterocycles. The molecule has 1 unspecified atom stereocenters. The summed E-state index contributed by atoms with van der Waals surface area (Å²) in [5, 5.41) is 2.77. The van der Waals surface area contributed by atoms with Crippen molar-refractivity contribution in [3.8, 4) is 11.5 Å². The van der Waals surface area contributed by atoms with Gasteiger partial charge in [0.1, 0.15) is 17.5 Å². The minimum atomic E-state index is -0.585. The second-order valence-corrected chi connectivity index (χ2v) is 7.03. The predicted molar refractivity (Wildman–Crippen MR) is 114 cm³/mol. The van der Waals surface area contributed by atoms with Crippen molar-refractivity contribution in [3.63, 3.8) is 0 Å². The summed E-state index contributed by atoms with van der Waals surface area (Å²) in [4.78, 5) is 26.4. The number of rotatable bonds is 7. The Kier molecular flexibility index (Phi) is 5.63. The molecule has 4 N–H and O–H groups in total. The third kappa shape index (κ3) is 4.42. The standard InChI is InChI=1S/C23H22N4O3/c24-26-18-11-9-16(10-12-18)14-21-22(28)27(23(29)25-21)15-17-5-4-8-20(13-17)30-19-6-2-1-3-7-19/h1-13,21,26H,14-15,24H2,(H,25,29). The van der Waals surface area contributed by atoms with Gasteiger partial charge in [-0.15, -0.1) is 0 Å². The van der Waals surface area contributed by atoms with Crippen LogP contribution in [0.25, 0.3) is 0 Å². The fourth-order valence-corrected chi connectivity index (χ4v) is 3.35. The number of nitrogens with one attached hydrogen (secondary N) is 2. The van der Waals surface area contributed by atoms with E-state index in [0.717, 1.165) is 22.6 Å². The van der Waals surface area contributed by atoms with E-state index >= 15 is 0 Å². The Morgan fingerprint density at radius 1 is 0.900 bits per heavy atom. The van der Waals surface area contributed by atoms with Crippen LogP contribution in [0.4, 0.5) is 10.5 Å². The SMILES string of the molecule is NNc1ccc(CC2NC(=O)N(Cc3cccc(Oc4ccccc4)c3)C2=O)cc1. The first-order valence-electron chi connectivity index (χ1n) is 9.61. The first kappa shape index (κ1) is 19.5. The van der Waals surface area contributed by atoms with Crippen LogP contribution in [0.1, 0.15) is 11.1 Å². The Bertz CT molecular complexity index is 1040. The molecule has 0 aliphatic carbocycles. The molecule has 30 heavy (non-hydrogen) atoms. The Labute approximate surface area is 174 Å². The fourth-order valence-electron chi connectivity index (χ4n) is 3.35. The normalized spacial score (nSPS) is 15.8. The van der Waals surface area contributed by atoms with Crippen LogP contribution in [-0.4, -0.2) is 22.9 Å². The molecule has 1 aliphatic heterocycles. The molecule has 3 aromatic rings. The zero-order valence-electron chi connectivity index (χ0n) is 16.2. The van der Waals surface area contributed by atoms with E-state index in [1.165, 1.54) is 4.90 Å². The number of urea groups is 1. The minimum Gasteiger partial charge on any atom is -0.457 e. The lowest BCUT2D eigenvalue weighted by Gasteiger charge is -2.14. The number of amides is 3. The quantitative estimate of drug-likeness (QED) is 0.320. The number of ether oxygens (including phenoxy) is 1. The molecule has 1 atom stereocenters. The van der Waals surface area contributed by atoms with Crippen molar-refractivity contribution in [1.82, 2.24) is 10.2 Å². The molecule has 7 heteroatoms. The zero-order valence-corrected chi connectivity index (χ0v) is 16.2. The number of nitrogens with two attached hydrogens (primary N) is 1. The van der Waals surface area contributed by atoms with E-state index in [4.69, 9.17) is 10.6 Å². The van der Waals surface area contributed by atoms with Gasteiger partial charge in [-0.3, -0.25) is 15.5 Å². The van der Waals surface area contributed by atoms with Gasteiger partial charge in [0.25, 0.3) is 5.91 Å². The van der Waals surface area contributed by atoms with Crippen molar-refractivity contribution >= 4 is 17.6 Å². The number of anilines is 1. The van der Waals surface area contributed by atoms with Crippen molar-refractivity contribution in [2.24, 2.45) is 5.84 Å². The Hall–Kier alpha value is -3.84. The predicted octanol–water partition coefficient (Wildman–Crippen LogP) is 3.43. The number of carbonyl (C=O) groups is 2. The maximum atomic E-state index is 12.8. The molecular formula is C23H22N4O3. The van der Waals surface area contributed by atoms with Gasteiger partial charge in [-0.2, -0.15) is 0 Å². The number of para-hydroxylation sites is 1. The van der Waals surface area contributed by atoms with Crippen molar-refractivity contribution in [2.45, 2.75) is 19.0 Å². The van der Waals surface area contributed by atoms with Gasteiger partial charge >= 0.3 is 6.03 Å². The first-order chi connectivity index (χ1) is 14.6. The highest BCUT2D eigenvalue weighted by Gasteiger charge is 2.37. The van der Waals surface area contributed by atoms with Gasteiger partial charge in [0.2, 0.25) is 0 Å². The zero-order chi connectivity index (χ0) is 20.9. The summed E-state index contributed by atoms with van der Waals surface area (Å²) in [6, 6.07) is 23.3. The molecule has 0 spiro atoms. The average molecular weight is 402 g/mol. The van der Waals surface area contributed by atoms with E-state index in [0.29, 0.717) is 12.2 Å². The molecule has 3 amide bonds. The lowest BCUT2D eigenvalue weighted by Crippen LogP contribution is -2.32. The molecule has 4 rings (SSSR count). The highest BCUT2D eigenvalue weighted by Crippen LogP contribution is 2.23. The number of hydrazine groups is 1. The van der Waals surface area contributed by atoms with Gasteiger partial charge in [-0.1, -0.05) is 42.5 Å². The number of carbonyl (C=O) groups excluding carboxylic acids is 2. The highest BCUT2D eigenvalue weighted by atomic mass is 16.5. The van der Waals surface area contributed by atoms with E-state index < -0.39 is 6.04 Å². The van der Waals surface area contributed by atoms with Gasteiger partial charge in [-0.05, 0) is 47.5 Å². The second-order valence-electron chi connectivity index (χ2n) is 7.03. The largest absolute Gasteiger partial charge is 0.457 e. The molecule has 152 valence electrons. The maximum Gasteiger partial charge on any atom is 0.325 e. The molecule has 1 saturated heterocycles. The Morgan fingerprint density at radius 2 is 1.63 bits per heavy atom. The number of imide groups is 1. The molecule has 0 bridgehead atoms. The molecule has 3 aromatic carbocycles. The van der Waals surface area contributed by atoms with Crippen molar-refractivity contribution in [3.05, 3.63) is 90.0 Å². The molecule has 1 aliphatic rings. The molecule has 0 saturated carbocycles. The van der Waals surface area contributed by atoms with Crippen LogP contribution in [0.3, 0.4) is 0 Å². The lowest BCUT2D eigenvalue weighted by molar-refractivity contribution is -0.127. The van der Waals surface area contributed by atoms with E-state index in [9.17, 15) is 9.59 Å². The van der Waals surface area contributed by atoms with Crippen molar-refractivity contribution in [2.75, 3.05) is 5.43 Å². The number of nitrogens with zero attached hydrogens (tertiary/aromatic N) is 1. The first-order valence-corrected chi connectivity index (χ1v) is 9.61. The summed E-state index contributed by atoms with van der Waals surface area (Å²) in [6.45, 7) is 0.184. The number of benzene rings is 3. The van der Waals surface area contributed by atoms with Gasteiger partial charge in [0.05, 0.1) is 6.54 Å². The van der Waals surface area contributed by atoms with Gasteiger partial charge in [0, 0.05) is 12.1 Å². The molecule has 7 nitrogen and oxygen atoms in total. The van der Waals surface area contributed by atoms with Crippen LogP contribution in [0.15, 0.2) is 78.9 Å². The van der Waals surface area contributed by atoms with E-state index in [-0.39, 0.29) is 18.5 Å². The maximum absolute atomic E-state index is 12.8. The van der Waals surface area contributed by atoms with Crippen LogP contribution < -0.4 is 21.3 Å². The summed E-state index contributed by atoms with van der Waals surface area (Å²) in [5.41, 5.74) is 5.09. The van der Waals surface area contributed by atoms with Gasteiger partial charge in [0.15, 0.2) is 0 Å². The minimum absolute atomic E-state index is 0.184. The van der Waals surface area contributed by atoms with Crippen LogP contribution in [0, 0.1) is 0 Å². The summed E-state index contributed by atoms with van der Waals surface area (Å²) in [6.07, 6.45) is 0.420. The average Bonchev–Trinajstić information content (AvgIpc) is 3.03. The number of hydrogen-bond donors (Lipinski definition) is 3. The molecule has 1 heterocycles. The molecular weight excluding hydrogens is 380 g/mol. The lowest BCUT2D eigenvalue weighted by atomic mass is 10.1. The van der Waals surface area contributed by atoms with Crippen molar-refractivity contribution in [1.29, 1.82) is 0 Å². The number of nitrogen functional groups attached to an aromatic ring is 1. The smallest absolute Gasteiger partial charge is 0.325 e. The molecule has 0 radical (unpaired) electrons.